The molecule has 0 saturated heterocycles. The van der Waals surface area contributed by atoms with Crippen molar-refractivity contribution < 1.29 is 4.39 Å². The molecule has 1 saturated carbocycles. The zero-order valence-corrected chi connectivity index (χ0v) is 13.2. The molecule has 0 spiro atoms. The van der Waals surface area contributed by atoms with E-state index in [1.807, 2.05) is 0 Å². The average Bonchev–Trinajstić information content (AvgIpc) is 3.20. The number of thiophene rings is 1. The van der Waals surface area contributed by atoms with E-state index >= 15 is 0 Å². The molecule has 3 rings (SSSR count). The SMILES string of the molecule is NCC(c1cccc(Cl)c1F)N(Cc1ccsc1)C1CC1. The van der Waals surface area contributed by atoms with Crippen LogP contribution in [0.5, 0.6) is 0 Å². The van der Waals surface area contributed by atoms with Gasteiger partial charge < -0.3 is 5.73 Å². The maximum atomic E-state index is 14.3. The van der Waals surface area contributed by atoms with Gasteiger partial charge in [-0.1, -0.05) is 23.7 Å². The molecule has 5 heteroatoms. The third-order valence-electron chi connectivity index (χ3n) is 3.93. The molecule has 1 aliphatic carbocycles. The van der Waals surface area contributed by atoms with Gasteiger partial charge in [0.2, 0.25) is 0 Å². The molecular formula is C16H18ClFN2S. The van der Waals surface area contributed by atoms with Crippen LogP contribution in [-0.2, 0) is 6.54 Å². The fourth-order valence-corrected chi connectivity index (χ4v) is 3.55. The van der Waals surface area contributed by atoms with E-state index in [2.05, 4.69) is 21.7 Å². The van der Waals surface area contributed by atoms with Crippen molar-refractivity contribution in [1.29, 1.82) is 0 Å². The van der Waals surface area contributed by atoms with Crippen LogP contribution in [0.15, 0.2) is 35.0 Å². The second kappa shape index (κ2) is 6.44. The highest BCUT2D eigenvalue weighted by Gasteiger charge is 2.35. The minimum Gasteiger partial charge on any atom is -0.329 e. The number of hydrogen-bond acceptors (Lipinski definition) is 3. The van der Waals surface area contributed by atoms with Gasteiger partial charge in [-0.3, -0.25) is 4.90 Å². The normalized spacial score (nSPS) is 16.4. The van der Waals surface area contributed by atoms with E-state index < -0.39 is 0 Å². The highest BCUT2D eigenvalue weighted by Crippen LogP contribution is 2.37. The smallest absolute Gasteiger partial charge is 0.146 e. The number of nitrogens with zero attached hydrogens (tertiary/aromatic N) is 1. The van der Waals surface area contributed by atoms with Gasteiger partial charge in [0.05, 0.1) is 11.1 Å². The third kappa shape index (κ3) is 3.29. The highest BCUT2D eigenvalue weighted by atomic mass is 35.5. The van der Waals surface area contributed by atoms with Crippen LogP contribution in [0.2, 0.25) is 5.02 Å². The van der Waals surface area contributed by atoms with E-state index in [1.54, 1.807) is 29.5 Å². The molecule has 2 N–H and O–H groups in total. The van der Waals surface area contributed by atoms with Crippen LogP contribution in [0, 0.1) is 5.82 Å². The Morgan fingerprint density at radius 2 is 2.19 bits per heavy atom. The summed E-state index contributed by atoms with van der Waals surface area (Å²) >= 11 is 7.61. The molecule has 1 heterocycles. The maximum Gasteiger partial charge on any atom is 0.146 e. The Kier molecular flexibility index (Phi) is 4.60. The molecule has 1 fully saturated rings. The molecule has 0 aliphatic heterocycles. The zero-order valence-electron chi connectivity index (χ0n) is 11.6. The van der Waals surface area contributed by atoms with Gasteiger partial charge in [-0.25, -0.2) is 4.39 Å². The summed E-state index contributed by atoms with van der Waals surface area (Å²) in [5.74, 6) is -0.342. The van der Waals surface area contributed by atoms with E-state index in [9.17, 15) is 4.39 Å². The summed E-state index contributed by atoms with van der Waals surface area (Å²) in [5.41, 5.74) is 7.83. The molecule has 0 radical (unpaired) electrons. The van der Waals surface area contributed by atoms with Gasteiger partial charge >= 0.3 is 0 Å². The lowest BCUT2D eigenvalue weighted by Gasteiger charge is -2.31. The Labute approximate surface area is 133 Å². The predicted molar refractivity (Wildman–Crippen MR) is 86.1 cm³/mol. The van der Waals surface area contributed by atoms with Gasteiger partial charge in [-0.2, -0.15) is 11.3 Å². The zero-order chi connectivity index (χ0) is 14.8. The van der Waals surface area contributed by atoms with Crippen molar-refractivity contribution in [3.05, 3.63) is 57.0 Å². The highest BCUT2D eigenvalue weighted by molar-refractivity contribution is 7.07. The second-order valence-electron chi connectivity index (χ2n) is 5.43. The van der Waals surface area contributed by atoms with Gasteiger partial charge in [0, 0.05) is 24.7 Å². The summed E-state index contributed by atoms with van der Waals surface area (Å²) in [6.45, 7) is 1.19. The first-order valence-corrected chi connectivity index (χ1v) is 8.43. The lowest BCUT2D eigenvalue weighted by Crippen LogP contribution is -2.35. The van der Waals surface area contributed by atoms with Crippen molar-refractivity contribution in [3.8, 4) is 0 Å². The van der Waals surface area contributed by atoms with Crippen LogP contribution in [0.3, 0.4) is 0 Å². The Balaban J connectivity index is 1.90. The van der Waals surface area contributed by atoms with E-state index in [0.717, 1.165) is 19.4 Å². The predicted octanol–water partition coefficient (Wildman–Crippen LogP) is 4.21. The van der Waals surface area contributed by atoms with Crippen LogP contribution in [0.1, 0.15) is 30.0 Å². The van der Waals surface area contributed by atoms with Crippen LogP contribution in [0.25, 0.3) is 0 Å². The van der Waals surface area contributed by atoms with Crippen molar-refractivity contribution in [3.63, 3.8) is 0 Å². The van der Waals surface area contributed by atoms with Gasteiger partial charge in [0.15, 0.2) is 0 Å². The molecule has 1 aromatic heterocycles. The fourth-order valence-electron chi connectivity index (χ4n) is 2.71. The number of halogens is 2. The van der Waals surface area contributed by atoms with Crippen molar-refractivity contribution in [2.45, 2.75) is 31.5 Å². The van der Waals surface area contributed by atoms with Crippen molar-refractivity contribution in [1.82, 2.24) is 4.90 Å². The van der Waals surface area contributed by atoms with E-state index in [0.29, 0.717) is 18.2 Å². The first kappa shape index (κ1) is 15.0. The Hall–Kier alpha value is -0.940. The standard InChI is InChI=1S/C16H18ClFN2S/c17-14-3-1-2-13(16(14)18)15(8-19)20(12-4-5-12)9-11-6-7-21-10-11/h1-3,6-7,10,12,15H,4-5,8-9,19H2. The quantitative estimate of drug-likeness (QED) is 0.862. The monoisotopic (exact) mass is 324 g/mol. The lowest BCUT2D eigenvalue weighted by molar-refractivity contribution is 0.178. The van der Waals surface area contributed by atoms with Gasteiger partial charge in [-0.05, 0) is 41.3 Å². The Morgan fingerprint density at radius 3 is 2.81 bits per heavy atom. The molecule has 2 aromatic rings. The van der Waals surface area contributed by atoms with E-state index in [-0.39, 0.29) is 16.9 Å². The summed E-state index contributed by atoms with van der Waals surface area (Å²) in [7, 11) is 0. The minimum atomic E-state index is -0.342. The number of hydrogen-bond donors (Lipinski definition) is 1. The van der Waals surface area contributed by atoms with Crippen LogP contribution < -0.4 is 5.73 Å². The molecule has 1 aliphatic rings. The van der Waals surface area contributed by atoms with Gasteiger partial charge in [-0.15, -0.1) is 0 Å². The summed E-state index contributed by atoms with van der Waals surface area (Å²) < 4.78 is 14.3. The molecule has 1 atom stereocenters. The van der Waals surface area contributed by atoms with Crippen molar-refractivity contribution >= 4 is 22.9 Å². The molecule has 0 amide bonds. The van der Waals surface area contributed by atoms with Crippen LogP contribution in [0.4, 0.5) is 4.39 Å². The van der Waals surface area contributed by atoms with Crippen LogP contribution >= 0.6 is 22.9 Å². The first-order chi connectivity index (χ1) is 10.2. The number of rotatable bonds is 6. The Morgan fingerprint density at radius 1 is 1.38 bits per heavy atom. The van der Waals surface area contributed by atoms with E-state index in [1.165, 1.54) is 5.56 Å². The van der Waals surface area contributed by atoms with Crippen molar-refractivity contribution in [2.24, 2.45) is 5.73 Å². The molecule has 2 nitrogen and oxygen atoms in total. The third-order valence-corrected chi connectivity index (χ3v) is 4.95. The largest absolute Gasteiger partial charge is 0.329 e. The van der Waals surface area contributed by atoms with E-state index in [4.69, 9.17) is 17.3 Å². The average molecular weight is 325 g/mol. The summed E-state index contributed by atoms with van der Waals surface area (Å²) in [4.78, 5) is 2.32. The second-order valence-corrected chi connectivity index (χ2v) is 6.62. The molecule has 1 unspecified atom stereocenters. The first-order valence-electron chi connectivity index (χ1n) is 7.11. The van der Waals surface area contributed by atoms with Gasteiger partial charge in [0.1, 0.15) is 5.82 Å². The lowest BCUT2D eigenvalue weighted by atomic mass is 10.0. The van der Waals surface area contributed by atoms with Crippen LogP contribution in [-0.4, -0.2) is 17.5 Å². The maximum absolute atomic E-state index is 14.3. The molecular weight excluding hydrogens is 307 g/mol. The topological polar surface area (TPSA) is 29.3 Å². The fraction of sp³-hybridized carbons (Fsp3) is 0.375. The Bertz CT molecular complexity index is 598. The molecule has 112 valence electrons. The molecule has 0 bridgehead atoms. The number of benzene rings is 1. The minimum absolute atomic E-state index is 0.129. The number of nitrogens with two attached hydrogens (primary N) is 1. The summed E-state index contributed by atoms with van der Waals surface area (Å²) in [6, 6.07) is 7.64. The summed E-state index contributed by atoms with van der Waals surface area (Å²) in [6.07, 6.45) is 2.31. The van der Waals surface area contributed by atoms with Gasteiger partial charge in [0.25, 0.3) is 0 Å². The summed E-state index contributed by atoms with van der Waals surface area (Å²) in [5, 5.41) is 4.37. The molecule has 1 aromatic carbocycles. The van der Waals surface area contributed by atoms with Crippen molar-refractivity contribution in [2.75, 3.05) is 6.54 Å². The molecule has 21 heavy (non-hydrogen) atoms.